The summed E-state index contributed by atoms with van der Waals surface area (Å²) in [6.07, 6.45) is 3.79. The summed E-state index contributed by atoms with van der Waals surface area (Å²) in [6, 6.07) is 7.48. The lowest BCUT2D eigenvalue weighted by atomic mass is 9.99. The zero-order valence-corrected chi connectivity index (χ0v) is 13.1. The van der Waals surface area contributed by atoms with Gasteiger partial charge < -0.3 is 10.4 Å². The maximum atomic E-state index is 12.8. The minimum absolute atomic E-state index is 0.186. The van der Waals surface area contributed by atoms with Gasteiger partial charge >= 0.3 is 0 Å². The zero-order chi connectivity index (χ0) is 15.2. The Hall–Kier alpha value is -0.930. The molecule has 0 aliphatic heterocycles. The molecule has 1 aromatic carbocycles. The summed E-state index contributed by atoms with van der Waals surface area (Å²) in [5.41, 5.74) is 0.578. The van der Waals surface area contributed by atoms with Gasteiger partial charge in [-0.1, -0.05) is 12.1 Å². The largest absolute Gasteiger partial charge is 0.390 e. The number of rotatable bonds is 8. The Morgan fingerprint density at radius 2 is 1.75 bits per heavy atom. The van der Waals surface area contributed by atoms with Crippen molar-refractivity contribution in [3.63, 3.8) is 0 Å². The first-order chi connectivity index (χ1) is 9.26. The lowest BCUT2D eigenvalue weighted by molar-refractivity contribution is 0.0674. The number of hydrogen-bond donors (Lipinski definition) is 2. The Bertz CT molecular complexity index is 383. The van der Waals surface area contributed by atoms with Crippen LogP contribution in [0.25, 0.3) is 0 Å². The molecule has 0 aliphatic carbocycles. The predicted octanol–water partition coefficient (Wildman–Crippen LogP) is 3.68. The maximum Gasteiger partial charge on any atom is 0.123 e. The van der Waals surface area contributed by atoms with Gasteiger partial charge in [-0.3, -0.25) is 0 Å². The summed E-state index contributed by atoms with van der Waals surface area (Å²) < 4.78 is 12.8. The van der Waals surface area contributed by atoms with Crippen molar-refractivity contribution in [1.29, 1.82) is 0 Å². The van der Waals surface area contributed by atoms with Gasteiger partial charge in [-0.2, -0.15) is 0 Å². The lowest BCUT2D eigenvalue weighted by Crippen LogP contribution is -2.36. The van der Waals surface area contributed by atoms with Gasteiger partial charge in [0.15, 0.2) is 0 Å². The van der Waals surface area contributed by atoms with Gasteiger partial charge in [0.05, 0.1) is 5.60 Å². The third-order valence-corrected chi connectivity index (χ3v) is 3.45. The molecule has 114 valence electrons. The molecule has 2 nitrogen and oxygen atoms in total. The summed E-state index contributed by atoms with van der Waals surface area (Å²) in [6.45, 7) is 8.02. The van der Waals surface area contributed by atoms with Crippen molar-refractivity contribution in [3.05, 3.63) is 35.6 Å². The molecule has 2 atom stereocenters. The van der Waals surface area contributed by atoms with E-state index in [0.717, 1.165) is 31.2 Å². The first kappa shape index (κ1) is 17.1. The van der Waals surface area contributed by atoms with Gasteiger partial charge in [-0.05, 0) is 71.1 Å². The van der Waals surface area contributed by atoms with E-state index in [1.54, 1.807) is 0 Å². The highest BCUT2D eigenvalue weighted by Crippen LogP contribution is 2.13. The highest BCUT2D eigenvalue weighted by molar-refractivity contribution is 5.17. The molecule has 0 aromatic heterocycles. The van der Waals surface area contributed by atoms with Crippen molar-refractivity contribution in [2.45, 2.75) is 71.1 Å². The molecule has 0 saturated carbocycles. The fraction of sp³-hybridized carbons (Fsp3) is 0.647. The van der Waals surface area contributed by atoms with Crippen LogP contribution in [0.15, 0.2) is 24.3 Å². The minimum atomic E-state index is -0.570. The summed E-state index contributed by atoms with van der Waals surface area (Å²) in [5.74, 6) is -0.186. The van der Waals surface area contributed by atoms with E-state index >= 15 is 0 Å². The molecule has 2 N–H and O–H groups in total. The van der Waals surface area contributed by atoms with Crippen LogP contribution in [0.2, 0.25) is 0 Å². The third kappa shape index (κ3) is 7.61. The van der Waals surface area contributed by atoms with Gasteiger partial charge in [0.1, 0.15) is 5.82 Å². The highest BCUT2D eigenvalue weighted by Gasteiger charge is 2.13. The van der Waals surface area contributed by atoms with Gasteiger partial charge in [0, 0.05) is 12.1 Å². The normalized spacial score (nSPS) is 15.1. The van der Waals surface area contributed by atoms with Crippen LogP contribution in [0.3, 0.4) is 0 Å². The Morgan fingerprint density at radius 1 is 1.15 bits per heavy atom. The van der Waals surface area contributed by atoms with E-state index in [2.05, 4.69) is 19.2 Å². The van der Waals surface area contributed by atoms with Crippen molar-refractivity contribution < 1.29 is 9.50 Å². The van der Waals surface area contributed by atoms with Gasteiger partial charge in [0.2, 0.25) is 0 Å². The van der Waals surface area contributed by atoms with E-state index in [9.17, 15) is 9.50 Å². The van der Waals surface area contributed by atoms with Crippen LogP contribution in [-0.2, 0) is 6.42 Å². The monoisotopic (exact) mass is 281 g/mol. The molecular weight excluding hydrogens is 253 g/mol. The Labute approximate surface area is 122 Å². The molecule has 0 spiro atoms. The number of hydrogen-bond acceptors (Lipinski definition) is 2. The summed E-state index contributed by atoms with van der Waals surface area (Å²) in [4.78, 5) is 0. The number of nitrogens with one attached hydrogen (secondary N) is 1. The van der Waals surface area contributed by atoms with Crippen LogP contribution in [0.5, 0.6) is 0 Å². The standard InChI is InChI=1S/C17H28FNO/c1-13(6-5-11-17(3,4)20)19-14(2)12-15-7-9-16(18)10-8-15/h7-10,13-14,19-20H,5-6,11-12H2,1-4H3/t13-,14+/m0/s1. The topological polar surface area (TPSA) is 32.3 Å². The van der Waals surface area contributed by atoms with Crippen molar-refractivity contribution >= 4 is 0 Å². The quantitative estimate of drug-likeness (QED) is 0.762. The number of aliphatic hydroxyl groups is 1. The second kappa shape index (κ2) is 7.75. The Balaban J connectivity index is 2.27. The molecule has 0 radical (unpaired) electrons. The maximum absolute atomic E-state index is 12.8. The predicted molar refractivity (Wildman–Crippen MR) is 82.3 cm³/mol. The average molecular weight is 281 g/mol. The van der Waals surface area contributed by atoms with E-state index < -0.39 is 5.60 Å². The van der Waals surface area contributed by atoms with E-state index in [1.807, 2.05) is 26.0 Å². The van der Waals surface area contributed by atoms with Gasteiger partial charge in [-0.25, -0.2) is 4.39 Å². The van der Waals surface area contributed by atoms with Crippen molar-refractivity contribution in [2.75, 3.05) is 0 Å². The zero-order valence-electron chi connectivity index (χ0n) is 13.1. The summed E-state index contributed by atoms with van der Waals surface area (Å²) in [7, 11) is 0. The fourth-order valence-corrected chi connectivity index (χ4v) is 2.44. The lowest BCUT2D eigenvalue weighted by Gasteiger charge is -2.22. The van der Waals surface area contributed by atoms with Crippen LogP contribution in [-0.4, -0.2) is 22.8 Å². The van der Waals surface area contributed by atoms with Crippen LogP contribution in [0, 0.1) is 5.82 Å². The van der Waals surface area contributed by atoms with Crippen LogP contribution in [0.4, 0.5) is 4.39 Å². The van der Waals surface area contributed by atoms with Crippen LogP contribution >= 0.6 is 0 Å². The molecule has 3 heteroatoms. The molecule has 1 aromatic rings. The average Bonchev–Trinajstić information content (AvgIpc) is 2.30. The SMILES string of the molecule is C[C@H](Cc1ccc(F)cc1)N[C@@H](C)CCCC(C)(C)O. The van der Waals surface area contributed by atoms with E-state index in [0.29, 0.717) is 12.1 Å². The van der Waals surface area contributed by atoms with Crippen LogP contribution < -0.4 is 5.32 Å². The highest BCUT2D eigenvalue weighted by atomic mass is 19.1. The molecule has 0 aliphatic rings. The first-order valence-corrected chi connectivity index (χ1v) is 7.49. The molecule has 0 amide bonds. The molecular formula is C17H28FNO. The van der Waals surface area contributed by atoms with Crippen molar-refractivity contribution in [2.24, 2.45) is 0 Å². The van der Waals surface area contributed by atoms with Crippen molar-refractivity contribution in [1.82, 2.24) is 5.32 Å². The summed E-state index contributed by atoms with van der Waals surface area (Å²) in [5, 5.41) is 13.2. The third-order valence-electron chi connectivity index (χ3n) is 3.45. The fourth-order valence-electron chi connectivity index (χ4n) is 2.44. The van der Waals surface area contributed by atoms with Crippen molar-refractivity contribution in [3.8, 4) is 0 Å². The summed E-state index contributed by atoms with van der Waals surface area (Å²) >= 11 is 0. The van der Waals surface area contributed by atoms with Gasteiger partial charge in [0.25, 0.3) is 0 Å². The molecule has 0 saturated heterocycles. The Morgan fingerprint density at radius 3 is 2.30 bits per heavy atom. The first-order valence-electron chi connectivity index (χ1n) is 7.49. The second-order valence-electron chi connectivity index (χ2n) is 6.50. The number of benzene rings is 1. The van der Waals surface area contributed by atoms with Crippen LogP contribution in [0.1, 0.15) is 52.5 Å². The second-order valence-corrected chi connectivity index (χ2v) is 6.50. The molecule has 0 fully saturated rings. The number of halogens is 1. The molecule has 20 heavy (non-hydrogen) atoms. The molecule has 1 rings (SSSR count). The smallest absolute Gasteiger partial charge is 0.123 e. The molecule has 0 bridgehead atoms. The Kier molecular flexibility index (Phi) is 6.63. The van der Waals surface area contributed by atoms with E-state index in [-0.39, 0.29) is 5.82 Å². The molecule has 0 heterocycles. The van der Waals surface area contributed by atoms with E-state index in [1.165, 1.54) is 12.1 Å². The molecule has 0 unspecified atom stereocenters. The van der Waals surface area contributed by atoms with Gasteiger partial charge in [-0.15, -0.1) is 0 Å². The van der Waals surface area contributed by atoms with E-state index in [4.69, 9.17) is 0 Å². The minimum Gasteiger partial charge on any atom is -0.390 e.